The molecular formula is C12H19FN2O. The van der Waals surface area contributed by atoms with Crippen LogP contribution in [0.1, 0.15) is 26.7 Å². The number of nitrogens with zero attached hydrogens (tertiary/aromatic N) is 2. The SMILES string of the molecule is CCC(CC)N(CCO)c1ncccc1F. The lowest BCUT2D eigenvalue weighted by Crippen LogP contribution is -2.38. The summed E-state index contributed by atoms with van der Waals surface area (Å²) in [7, 11) is 0. The van der Waals surface area contributed by atoms with Crippen molar-refractivity contribution in [2.75, 3.05) is 18.1 Å². The summed E-state index contributed by atoms with van der Waals surface area (Å²) in [6.07, 6.45) is 3.39. The fraction of sp³-hybridized carbons (Fsp3) is 0.583. The molecule has 90 valence electrons. The predicted octanol–water partition coefficient (Wildman–Crippen LogP) is 2.21. The average Bonchev–Trinajstić information content (AvgIpc) is 2.30. The first kappa shape index (κ1) is 12.9. The van der Waals surface area contributed by atoms with Crippen LogP contribution in [0, 0.1) is 5.82 Å². The molecule has 1 N–H and O–H groups in total. The van der Waals surface area contributed by atoms with Gasteiger partial charge in [-0.05, 0) is 25.0 Å². The molecule has 1 aromatic heterocycles. The maximum absolute atomic E-state index is 13.6. The maximum atomic E-state index is 13.6. The van der Waals surface area contributed by atoms with Gasteiger partial charge in [-0.15, -0.1) is 0 Å². The zero-order chi connectivity index (χ0) is 12.0. The van der Waals surface area contributed by atoms with Crippen molar-refractivity contribution in [1.29, 1.82) is 0 Å². The Morgan fingerprint density at radius 3 is 2.62 bits per heavy atom. The van der Waals surface area contributed by atoms with Crippen molar-refractivity contribution in [3.05, 3.63) is 24.1 Å². The number of aliphatic hydroxyl groups is 1. The molecule has 0 amide bonds. The van der Waals surface area contributed by atoms with E-state index in [1.165, 1.54) is 6.07 Å². The molecule has 0 aromatic carbocycles. The van der Waals surface area contributed by atoms with E-state index < -0.39 is 0 Å². The Balaban J connectivity index is 2.97. The lowest BCUT2D eigenvalue weighted by atomic mass is 10.1. The Morgan fingerprint density at radius 1 is 1.44 bits per heavy atom. The number of aromatic nitrogens is 1. The highest BCUT2D eigenvalue weighted by Gasteiger charge is 2.19. The second-order valence-corrected chi connectivity index (χ2v) is 3.70. The van der Waals surface area contributed by atoms with Gasteiger partial charge >= 0.3 is 0 Å². The molecule has 0 spiro atoms. The fourth-order valence-corrected chi connectivity index (χ4v) is 1.89. The van der Waals surface area contributed by atoms with Crippen LogP contribution in [0.5, 0.6) is 0 Å². The van der Waals surface area contributed by atoms with Crippen LogP contribution < -0.4 is 4.90 Å². The molecule has 0 bridgehead atoms. The topological polar surface area (TPSA) is 36.4 Å². The summed E-state index contributed by atoms with van der Waals surface area (Å²) in [5, 5.41) is 9.04. The van der Waals surface area contributed by atoms with Gasteiger partial charge in [0, 0.05) is 18.8 Å². The molecule has 0 fully saturated rings. The quantitative estimate of drug-likeness (QED) is 0.808. The van der Waals surface area contributed by atoms with Crippen LogP contribution >= 0.6 is 0 Å². The number of anilines is 1. The first-order valence-corrected chi connectivity index (χ1v) is 5.72. The van der Waals surface area contributed by atoms with Crippen molar-refractivity contribution in [3.63, 3.8) is 0 Å². The van der Waals surface area contributed by atoms with Crippen LogP contribution in [-0.2, 0) is 0 Å². The first-order valence-electron chi connectivity index (χ1n) is 5.72. The monoisotopic (exact) mass is 226 g/mol. The molecule has 0 atom stereocenters. The molecule has 3 nitrogen and oxygen atoms in total. The van der Waals surface area contributed by atoms with Crippen LogP contribution in [0.25, 0.3) is 0 Å². The van der Waals surface area contributed by atoms with Crippen LogP contribution in [0.3, 0.4) is 0 Å². The molecule has 1 heterocycles. The van der Waals surface area contributed by atoms with Crippen molar-refractivity contribution < 1.29 is 9.50 Å². The second kappa shape index (κ2) is 6.43. The summed E-state index contributed by atoms with van der Waals surface area (Å²) in [6.45, 7) is 4.53. The second-order valence-electron chi connectivity index (χ2n) is 3.70. The van der Waals surface area contributed by atoms with E-state index in [4.69, 9.17) is 5.11 Å². The summed E-state index contributed by atoms with van der Waals surface area (Å²) in [4.78, 5) is 5.90. The molecule has 0 radical (unpaired) electrons. The molecule has 0 aliphatic carbocycles. The molecule has 0 saturated heterocycles. The van der Waals surface area contributed by atoms with Crippen LogP contribution in [0.15, 0.2) is 18.3 Å². The molecule has 0 unspecified atom stereocenters. The van der Waals surface area contributed by atoms with Gasteiger partial charge in [-0.2, -0.15) is 0 Å². The largest absolute Gasteiger partial charge is 0.395 e. The molecule has 4 heteroatoms. The first-order chi connectivity index (χ1) is 7.74. The number of aliphatic hydroxyl groups excluding tert-OH is 1. The number of halogens is 1. The lowest BCUT2D eigenvalue weighted by Gasteiger charge is -2.31. The average molecular weight is 226 g/mol. The highest BCUT2D eigenvalue weighted by Crippen LogP contribution is 2.20. The van der Waals surface area contributed by atoms with Crippen molar-refractivity contribution >= 4 is 5.82 Å². The highest BCUT2D eigenvalue weighted by atomic mass is 19.1. The molecule has 1 rings (SSSR count). The Labute approximate surface area is 95.9 Å². The van der Waals surface area contributed by atoms with Gasteiger partial charge in [0.25, 0.3) is 0 Å². The Hall–Kier alpha value is -1.16. The van der Waals surface area contributed by atoms with E-state index in [0.717, 1.165) is 12.8 Å². The predicted molar refractivity (Wildman–Crippen MR) is 63.0 cm³/mol. The molecular weight excluding hydrogens is 207 g/mol. The standard InChI is InChI=1S/C12H19FN2O/c1-3-10(4-2)15(8-9-16)12-11(13)6-5-7-14-12/h5-7,10,16H,3-4,8-9H2,1-2H3. The van der Waals surface area contributed by atoms with Gasteiger partial charge in [-0.1, -0.05) is 13.8 Å². The molecule has 0 aliphatic heterocycles. The Morgan fingerprint density at radius 2 is 2.12 bits per heavy atom. The van der Waals surface area contributed by atoms with Crippen LogP contribution in [0.4, 0.5) is 10.2 Å². The number of rotatable bonds is 6. The van der Waals surface area contributed by atoms with Gasteiger partial charge in [0.15, 0.2) is 11.6 Å². The molecule has 0 aliphatic rings. The van der Waals surface area contributed by atoms with Crippen molar-refractivity contribution in [2.45, 2.75) is 32.7 Å². The summed E-state index contributed by atoms with van der Waals surface area (Å²) in [5.74, 6) is 0.00750. The molecule has 1 aromatic rings. The van der Waals surface area contributed by atoms with Crippen molar-refractivity contribution in [2.24, 2.45) is 0 Å². The summed E-state index contributed by atoms with van der Waals surface area (Å²) in [6, 6.07) is 3.19. The Bertz CT molecular complexity index is 316. The van der Waals surface area contributed by atoms with E-state index in [-0.39, 0.29) is 18.5 Å². The van der Waals surface area contributed by atoms with Crippen LogP contribution in [0.2, 0.25) is 0 Å². The van der Waals surface area contributed by atoms with Gasteiger partial charge in [-0.25, -0.2) is 9.37 Å². The Kier molecular flexibility index (Phi) is 5.19. The number of hydrogen-bond donors (Lipinski definition) is 1. The normalized spacial score (nSPS) is 10.8. The summed E-state index contributed by atoms with van der Waals surface area (Å²) >= 11 is 0. The number of hydrogen-bond acceptors (Lipinski definition) is 3. The van der Waals surface area contributed by atoms with Gasteiger partial charge in [0.2, 0.25) is 0 Å². The summed E-state index contributed by atoms with van der Waals surface area (Å²) < 4.78 is 13.6. The zero-order valence-corrected chi connectivity index (χ0v) is 9.86. The van der Waals surface area contributed by atoms with Crippen LogP contribution in [-0.4, -0.2) is 29.3 Å². The van der Waals surface area contributed by atoms with E-state index >= 15 is 0 Å². The van der Waals surface area contributed by atoms with E-state index in [1.54, 1.807) is 12.3 Å². The molecule has 0 saturated carbocycles. The third-order valence-electron chi connectivity index (χ3n) is 2.74. The van der Waals surface area contributed by atoms with Gasteiger partial charge in [0.05, 0.1) is 6.61 Å². The minimum atomic E-state index is -0.331. The van der Waals surface area contributed by atoms with Crippen molar-refractivity contribution in [3.8, 4) is 0 Å². The molecule has 16 heavy (non-hydrogen) atoms. The van der Waals surface area contributed by atoms with E-state index in [1.807, 2.05) is 4.90 Å². The smallest absolute Gasteiger partial charge is 0.165 e. The fourth-order valence-electron chi connectivity index (χ4n) is 1.89. The zero-order valence-electron chi connectivity index (χ0n) is 9.86. The maximum Gasteiger partial charge on any atom is 0.165 e. The summed E-state index contributed by atoms with van der Waals surface area (Å²) in [5.41, 5.74) is 0. The third-order valence-corrected chi connectivity index (χ3v) is 2.74. The third kappa shape index (κ3) is 2.92. The van der Waals surface area contributed by atoms with E-state index in [0.29, 0.717) is 12.4 Å². The lowest BCUT2D eigenvalue weighted by molar-refractivity contribution is 0.295. The van der Waals surface area contributed by atoms with Gasteiger partial charge < -0.3 is 10.0 Å². The van der Waals surface area contributed by atoms with Gasteiger partial charge in [0.1, 0.15) is 0 Å². The minimum absolute atomic E-state index is 0.00646. The number of pyridine rings is 1. The highest BCUT2D eigenvalue weighted by molar-refractivity contribution is 5.40. The van der Waals surface area contributed by atoms with E-state index in [2.05, 4.69) is 18.8 Å². The van der Waals surface area contributed by atoms with E-state index in [9.17, 15) is 4.39 Å². The minimum Gasteiger partial charge on any atom is -0.395 e. The van der Waals surface area contributed by atoms with Crippen molar-refractivity contribution in [1.82, 2.24) is 4.98 Å². The van der Waals surface area contributed by atoms with Gasteiger partial charge in [-0.3, -0.25) is 0 Å².